The topological polar surface area (TPSA) is 70.8 Å². The monoisotopic (exact) mass is 349 g/mol. The molecule has 0 saturated heterocycles. The van der Waals surface area contributed by atoms with Crippen LogP contribution in [0.15, 0.2) is 72.8 Å². The zero-order valence-corrected chi connectivity index (χ0v) is 14.3. The predicted molar refractivity (Wildman–Crippen MR) is 99.6 cm³/mol. The van der Waals surface area contributed by atoms with Gasteiger partial charge in [0.2, 0.25) is 0 Å². The first-order chi connectivity index (χ1) is 12.7. The molecule has 3 aromatic rings. The Morgan fingerprint density at radius 3 is 2.27 bits per heavy atom. The lowest BCUT2D eigenvalue weighted by Crippen LogP contribution is -2.08. The third kappa shape index (κ3) is 4.33. The van der Waals surface area contributed by atoms with Crippen molar-refractivity contribution in [1.29, 1.82) is 0 Å². The summed E-state index contributed by atoms with van der Waals surface area (Å²) in [7, 11) is 1.62. The van der Waals surface area contributed by atoms with Gasteiger partial charge in [0.25, 0.3) is 0 Å². The lowest BCUT2D eigenvalue weighted by Gasteiger charge is -2.11. The molecule has 5 nitrogen and oxygen atoms in total. The van der Waals surface area contributed by atoms with Gasteiger partial charge in [0.05, 0.1) is 18.4 Å². The number of rotatable bonds is 6. The largest absolute Gasteiger partial charge is 0.497 e. The second-order valence-electron chi connectivity index (χ2n) is 5.59. The predicted octanol–water partition coefficient (Wildman–Crippen LogP) is 4.08. The van der Waals surface area contributed by atoms with E-state index in [4.69, 9.17) is 19.9 Å². The van der Waals surface area contributed by atoms with Gasteiger partial charge in [0.15, 0.2) is 0 Å². The Kier molecular flexibility index (Phi) is 5.39. The van der Waals surface area contributed by atoms with Crippen molar-refractivity contribution in [2.45, 2.75) is 6.61 Å². The van der Waals surface area contributed by atoms with E-state index in [1.165, 1.54) is 0 Å². The minimum atomic E-state index is -0.433. The number of anilines is 1. The van der Waals surface area contributed by atoms with Crippen molar-refractivity contribution in [1.82, 2.24) is 0 Å². The average Bonchev–Trinajstić information content (AvgIpc) is 2.68. The Labute approximate surface area is 151 Å². The van der Waals surface area contributed by atoms with Crippen LogP contribution in [0, 0.1) is 0 Å². The third-order valence-corrected chi connectivity index (χ3v) is 3.75. The summed E-state index contributed by atoms with van der Waals surface area (Å²) in [5.41, 5.74) is 7.88. The normalized spacial score (nSPS) is 10.2. The number of carbonyl (C=O) groups is 1. The highest BCUT2D eigenvalue weighted by Gasteiger charge is 2.10. The molecule has 0 unspecified atom stereocenters. The minimum Gasteiger partial charge on any atom is -0.497 e. The first-order valence-corrected chi connectivity index (χ1v) is 8.08. The number of benzene rings is 3. The molecule has 0 aliphatic rings. The van der Waals surface area contributed by atoms with Crippen molar-refractivity contribution in [3.05, 3.63) is 83.9 Å². The molecule has 132 valence electrons. The number of esters is 1. The van der Waals surface area contributed by atoms with E-state index in [-0.39, 0.29) is 0 Å². The average molecular weight is 349 g/mol. The summed E-state index contributed by atoms with van der Waals surface area (Å²) in [6.07, 6.45) is 0. The zero-order chi connectivity index (χ0) is 18.4. The van der Waals surface area contributed by atoms with Crippen LogP contribution in [0.5, 0.6) is 17.2 Å². The quantitative estimate of drug-likeness (QED) is 0.412. The molecule has 5 heteroatoms. The number of ether oxygens (including phenoxy) is 3. The van der Waals surface area contributed by atoms with Crippen LogP contribution in [0.25, 0.3) is 0 Å². The molecular formula is C21H19NO4. The first-order valence-electron chi connectivity index (χ1n) is 8.08. The Balaban J connectivity index is 1.62. The summed E-state index contributed by atoms with van der Waals surface area (Å²) in [6.45, 7) is 0.372. The highest BCUT2D eigenvalue weighted by Crippen LogP contribution is 2.28. The van der Waals surface area contributed by atoms with Crippen LogP contribution in [0.1, 0.15) is 15.9 Å². The third-order valence-electron chi connectivity index (χ3n) is 3.75. The summed E-state index contributed by atoms with van der Waals surface area (Å²) in [6, 6.07) is 21.3. The lowest BCUT2D eigenvalue weighted by molar-refractivity contribution is 0.0734. The molecule has 0 bridgehead atoms. The smallest absolute Gasteiger partial charge is 0.343 e. The summed E-state index contributed by atoms with van der Waals surface area (Å²) in [4.78, 5) is 12.1. The van der Waals surface area contributed by atoms with Crippen LogP contribution in [-0.2, 0) is 6.61 Å². The molecule has 0 heterocycles. The van der Waals surface area contributed by atoms with E-state index in [0.717, 1.165) is 11.3 Å². The highest BCUT2D eigenvalue weighted by molar-refractivity contribution is 5.91. The van der Waals surface area contributed by atoms with Crippen LogP contribution in [0.2, 0.25) is 0 Å². The summed E-state index contributed by atoms with van der Waals surface area (Å²) in [5, 5.41) is 0. The molecule has 3 rings (SSSR count). The number of hydrogen-bond donors (Lipinski definition) is 1. The summed E-state index contributed by atoms with van der Waals surface area (Å²) < 4.78 is 16.2. The second-order valence-corrected chi connectivity index (χ2v) is 5.59. The van der Waals surface area contributed by atoms with Gasteiger partial charge in [0.1, 0.15) is 23.9 Å². The van der Waals surface area contributed by atoms with Gasteiger partial charge in [-0.25, -0.2) is 4.79 Å². The fourth-order valence-corrected chi connectivity index (χ4v) is 2.34. The first kappa shape index (κ1) is 17.4. The van der Waals surface area contributed by atoms with Gasteiger partial charge in [-0.3, -0.25) is 0 Å². The Hall–Kier alpha value is -3.47. The maximum atomic E-state index is 12.1. The van der Waals surface area contributed by atoms with E-state index in [1.807, 2.05) is 30.3 Å². The maximum Gasteiger partial charge on any atom is 0.343 e. The number of methoxy groups -OCH3 is 1. The van der Waals surface area contributed by atoms with Crippen molar-refractivity contribution < 1.29 is 19.0 Å². The zero-order valence-electron chi connectivity index (χ0n) is 14.3. The van der Waals surface area contributed by atoms with Crippen LogP contribution in [0.3, 0.4) is 0 Å². The van der Waals surface area contributed by atoms with Crippen LogP contribution in [0.4, 0.5) is 5.69 Å². The molecule has 0 spiro atoms. The molecule has 0 saturated carbocycles. The number of carbonyl (C=O) groups excluding carboxylic acids is 1. The molecule has 0 fully saturated rings. The van der Waals surface area contributed by atoms with Gasteiger partial charge in [0, 0.05) is 6.07 Å². The Morgan fingerprint density at radius 1 is 0.923 bits per heavy atom. The van der Waals surface area contributed by atoms with Gasteiger partial charge in [-0.2, -0.15) is 0 Å². The van der Waals surface area contributed by atoms with Crippen molar-refractivity contribution in [2.75, 3.05) is 12.8 Å². The molecule has 0 aromatic heterocycles. The Morgan fingerprint density at radius 2 is 1.62 bits per heavy atom. The number of hydrogen-bond acceptors (Lipinski definition) is 5. The van der Waals surface area contributed by atoms with Gasteiger partial charge in [-0.15, -0.1) is 0 Å². The van der Waals surface area contributed by atoms with E-state index < -0.39 is 5.97 Å². The standard InChI is InChI=1S/C21H19NO4/c1-24-17-9-7-15(8-10-17)14-25-20-12-11-18(13-19(20)22)26-21(23)16-5-3-2-4-6-16/h2-13H,14,22H2,1H3. The molecule has 0 atom stereocenters. The van der Waals surface area contributed by atoms with Gasteiger partial charge >= 0.3 is 5.97 Å². The number of nitrogens with two attached hydrogens (primary N) is 1. The van der Waals surface area contributed by atoms with Crippen LogP contribution >= 0.6 is 0 Å². The maximum absolute atomic E-state index is 12.1. The fraction of sp³-hybridized carbons (Fsp3) is 0.0952. The van der Waals surface area contributed by atoms with Crippen LogP contribution < -0.4 is 19.9 Å². The van der Waals surface area contributed by atoms with Crippen molar-refractivity contribution in [2.24, 2.45) is 0 Å². The Bertz CT molecular complexity index is 876. The van der Waals surface area contributed by atoms with Crippen LogP contribution in [-0.4, -0.2) is 13.1 Å². The fourth-order valence-electron chi connectivity index (χ4n) is 2.34. The SMILES string of the molecule is COc1ccc(COc2ccc(OC(=O)c3ccccc3)cc2N)cc1. The molecule has 0 radical (unpaired) electrons. The van der Waals surface area contributed by atoms with Gasteiger partial charge < -0.3 is 19.9 Å². The second kappa shape index (κ2) is 8.07. The van der Waals surface area contributed by atoms with Crippen molar-refractivity contribution in [3.63, 3.8) is 0 Å². The van der Waals surface area contributed by atoms with E-state index in [1.54, 1.807) is 49.6 Å². The lowest BCUT2D eigenvalue weighted by atomic mass is 10.2. The molecule has 3 aromatic carbocycles. The van der Waals surface area contributed by atoms with Crippen molar-refractivity contribution >= 4 is 11.7 Å². The van der Waals surface area contributed by atoms with Crippen molar-refractivity contribution in [3.8, 4) is 17.2 Å². The van der Waals surface area contributed by atoms with Gasteiger partial charge in [-0.1, -0.05) is 30.3 Å². The molecule has 26 heavy (non-hydrogen) atoms. The molecule has 0 aliphatic carbocycles. The van der Waals surface area contributed by atoms with E-state index in [0.29, 0.717) is 29.4 Å². The summed E-state index contributed by atoms with van der Waals surface area (Å²) >= 11 is 0. The molecular weight excluding hydrogens is 330 g/mol. The minimum absolute atomic E-state index is 0.369. The van der Waals surface area contributed by atoms with E-state index in [9.17, 15) is 4.79 Å². The molecule has 2 N–H and O–H groups in total. The molecule has 0 aliphatic heterocycles. The van der Waals surface area contributed by atoms with Gasteiger partial charge in [-0.05, 0) is 42.0 Å². The highest BCUT2D eigenvalue weighted by atomic mass is 16.5. The molecule has 0 amide bonds. The number of nitrogen functional groups attached to an aromatic ring is 1. The van der Waals surface area contributed by atoms with E-state index >= 15 is 0 Å². The summed E-state index contributed by atoms with van der Waals surface area (Å²) in [5.74, 6) is 1.25. The van der Waals surface area contributed by atoms with E-state index in [2.05, 4.69) is 0 Å².